The van der Waals surface area contributed by atoms with E-state index in [-0.39, 0.29) is 0 Å². The van der Waals surface area contributed by atoms with Crippen LogP contribution in [0.2, 0.25) is 0 Å². The molecule has 0 spiro atoms. The molecule has 0 radical (unpaired) electrons. The predicted octanol–water partition coefficient (Wildman–Crippen LogP) is 4.35. The SMILES string of the molecule is C=Cc1cccc(CN(CC)Cc2ccccc2)c1. The number of rotatable bonds is 6. The second kappa shape index (κ2) is 6.91. The van der Waals surface area contributed by atoms with Crippen molar-refractivity contribution in [3.8, 4) is 0 Å². The molecule has 0 bridgehead atoms. The Bertz CT molecular complexity index is 516. The molecule has 0 amide bonds. The van der Waals surface area contributed by atoms with Crippen molar-refractivity contribution in [2.45, 2.75) is 20.0 Å². The highest BCUT2D eigenvalue weighted by Gasteiger charge is 2.04. The Labute approximate surface area is 116 Å². The van der Waals surface area contributed by atoms with E-state index in [1.807, 2.05) is 6.08 Å². The van der Waals surface area contributed by atoms with Crippen molar-refractivity contribution in [2.75, 3.05) is 6.54 Å². The molecule has 0 unspecified atom stereocenters. The lowest BCUT2D eigenvalue weighted by atomic mass is 10.1. The first-order chi connectivity index (χ1) is 9.31. The summed E-state index contributed by atoms with van der Waals surface area (Å²) < 4.78 is 0. The molecule has 19 heavy (non-hydrogen) atoms. The van der Waals surface area contributed by atoms with Crippen molar-refractivity contribution < 1.29 is 0 Å². The lowest BCUT2D eigenvalue weighted by Gasteiger charge is -2.20. The lowest BCUT2D eigenvalue weighted by molar-refractivity contribution is 0.271. The average molecular weight is 251 g/mol. The van der Waals surface area contributed by atoms with E-state index < -0.39 is 0 Å². The van der Waals surface area contributed by atoms with Crippen molar-refractivity contribution in [1.29, 1.82) is 0 Å². The average Bonchev–Trinajstić information content (AvgIpc) is 2.48. The minimum absolute atomic E-state index is 0.979. The highest BCUT2D eigenvalue weighted by molar-refractivity contribution is 5.47. The van der Waals surface area contributed by atoms with Gasteiger partial charge in [0.25, 0.3) is 0 Å². The Kier molecular flexibility index (Phi) is 4.93. The molecular weight excluding hydrogens is 230 g/mol. The Morgan fingerprint density at radius 3 is 2.32 bits per heavy atom. The fourth-order valence-corrected chi connectivity index (χ4v) is 2.20. The second-order valence-corrected chi connectivity index (χ2v) is 4.74. The molecule has 1 nitrogen and oxygen atoms in total. The molecule has 2 aromatic carbocycles. The molecule has 0 heterocycles. The molecular formula is C18H21N. The first-order valence-electron chi connectivity index (χ1n) is 6.79. The van der Waals surface area contributed by atoms with Crippen molar-refractivity contribution in [2.24, 2.45) is 0 Å². The van der Waals surface area contributed by atoms with Crippen LogP contribution in [0.5, 0.6) is 0 Å². The minimum Gasteiger partial charge on any atom is -0.295 e. The summed E-state index contributed by atoms with van der Waals surface area (Å²) in [5.41, 5.74) is 3.90. The van der Waals surface area contributed by atoms with Gasteiger partial charge in [-0.25, -0.2) is 0 Å². The molecule has 0 aliphatic heterocycles. The van der Waals surface area contributed by atoms with Crippen LogP contribution < -0.4 is 0 Å². The number of hydrogen-bond acceptors (Lipinski definition) is 1. The molecule has 0 saturated heterocycles. The van der Waals surface area contributed by atoms with E-state index in [1.54, 1.807) is 0 Å². The summed E-state index contributed by atoms with van der Waals surface area (Å²) in [5.74, 6) is 0. The largest absolute Gasteiger partial charge is 0.295 e. The van der Waals surface area contributed by atoms with Crippen LogP contribution in [-0.2, 0) is 13.1 Å². The van der Waals surface area contributed by atoms with Crippen LogP contribution in [0.25, 0.3) is 6.08 Å². The van der Waals surface area contributed by atoms with E-state index in [4.69, 9.17) is 0 Å². The highest BCUT2D eigenvalue weighted by Crippen LogP contribution is 2.12. The lowest BCUT2D eigenvalue weighted by Crippen LogP contribution is -2.22. The Morgan fingerprint density at radius 2 is 1.63 bits per heavy atom. The zero-order valence-corrected chi connectivity index (χ0v) is 11.5. The van der Waals surface area contributed by atoms with Gasteiger partial charge in [0.05, 0.1) is 0 Å². The molecule has 0 N–H and O–H groups in total. The molecule has 0 aliphatic carbocycles. The quantitative estimate of drug-likeness (QED) is 0.737. The topological polar surface area (TPSA) is 3.24 Å². The molecule has 2 aromatic rings. The minimum atomic E-state index is 0.979. The van der Waals surface area contributed by atoms with Gasteiger partial charge in [0.1, 0.15) is 0 Å². The van der Waals surface area contributed by atoms with Gasteiger partial charge in [-0.2, -0.15) is 0 Å². The van der Waals surface area contributed by atoms with Gasteiger partial charge in [-0.15, -0.1) is 0 Å². The maximum atomic E-state index is 3.83. The van der Waals surface area contributed by atoms with E-state index >= 15 is 0 Å². The van der Waals surface area contributed by atoms with Crippen LogP contribution in [0.3, 0.4) is 0 Å². The summed E-state index contributed by atoms with van der Waals surface area (Å²) >= 11 is 0. The van der Waals surface area contributed by atoms with Crippen molar-refractivity contribution in [3.63, 3.8) is 0 Å². The van der Waals surface area contributed by atoms with Gasteiger partial charge in [0.15, 0.2) is 0 Å². The number of hydrogen-bond donors (Lipinski definition) is 0. The molecule has 0 aliphatic rings. The van der Waals surface area contributed by atoms with E-state index in [9.17, 15) is 0 Å². The maximum absolute atomic E-state index is 3.83. The maximum Gasteiger partial charge on any atom is 0.0237 e. The van der Waals surface area contributed by atoms with Crippen LogP contribution in [0.1, 0.15) is 23.6 Å². The van der Waals surface area contributed by atoms with Crippen molar-refractivity contribution in [1.82, 2.24) is 4.90 Å². The molecule has 0 aromatic heterocycles. The van der Waals surface area contributed by atoms with Gasteiger partial charge in [0, 0.05) is 13.1 Å². The zero-order chi connectivity index (χ0) is 13.5. The van der Waals surface area contributed by atoms with Gasteiger partial charge >= 0.3 is 0 Å². The van der Waals surface area contributed by atoms with Crippen LogP contribution in [0, 0.1) is 0 Å². The van der Waals surface area contributed by atoms with Crippen molar-refractivity contribution in [3.05, 3.63) is 77.9 Å². The Hall–Kier alpha value is -1.86. The van der Waals surface area contributed by atoms with Gasteiger partial charge in [-0.05, 0) is 23.2 Å². The normalized spacial score (nSPS) is 10.6. The molecule has 0 atom stereocenters. The van der Waals surface area contributed by atoms with Crippen molar-refractivity contribution >= 4 is 6.08 Å². The first-order valence-corrected chi connectivity index (χ1v) is 6.79. The van der Waals surface area contributed by atoms with E-state index in [2.05, 4.69) is 73.0 Å². The molecule has 98 valence electrons. The van der Waals surface area contributed by atoms with Gasteiger partial charge in [0.2, 0.25) is 0 Å². The molecule has 0 fully saturated rings. The third-order valence-electron chi connectivity index (χ3n) is 3.29. The molecule has 0 saturated carbocycles. The van der Waals surface area contributed by atoms with E-state index in [0.29, 0.717) is 0 Å². The third kappa shape index (κ3) is 4.08. The zero-order valence-electron chi connectivity index (χ0n) is 11.5. The standard InChI is InChI=1S/C18H21N/c1-3-16-11-8-12-18(13-16)15-19(4-2)14-17-9-6-5-7-10-17/h3,5-13H,1,4,14-15H2,2H3. The van der Waals surface area contributed by atoms with E-state index in [1.165, 1.54) is 16.7 Å². The first kappa shape index (κ1) is 13.6. The molecule has 1 heteroatoms. The molecule has 2 rings (SSSR count). The fraction of sp³-hybridized carbons (Fsp3) is 0.222. The Morgan fingerprint density at radius 1 is 0.947 bits per heavy atom. The summed E-state index contributed by atoms with van der Waals surface area (Å²) in [6.07, 6.45) is 1.90. The van der Waals surface area contributed by atoms with Gasteiger partial charge < -0.3 is 0 Å². The highest BCUT2D eigenvalue weighted by atomic mass is 15.1. The summed E-state index contributed by atoms with van der Waals surface area (Å²) in [6.45, 7) is 9.06. The smallest absolute Gasteiger partial charge is 0.0237 e. The number of nitrogens with zero attached hydrogens (tertiary/aromatic N) is 1. The Balaban J connectivity index is 2.04. The monoisotopic (exact) mass is 251 g/mol. The summed E-state index contributed by atoms with van der Waals surface area (Å²) in [5, 5.41) is 0. The third-order valence-corrected chi connectivity index (χ3v) is 3.29. The van der Waals surface area contributed by atoms with Gasteiger partial charge in [-0.1, -0.05) is 74.2 Å². The number of benzene rings is 2. The predicted molar refractivity (Wildman–Crippen MR) is 82.8 cm³/mol. The van der Waals surface area contributed by atoms with E-state index in [0.717, 1.165) is 19.6 Å². The van der Waals surface area contributed by atoms with Crippen LogP contribution >= 0.6 is 0 Å². The van der Waals surface area contributed by atoms with Gasteiger partial charge in [-0.3, -0.25) is 4.90 Å². The summed E-state index contributed by atoms with van der Waals surface area (Å²) in [7, 11) is 0. The van der Waals surface area contributed by atoms with Crippen LogP contribution in [-0.4, -0.2) is 11.4 Å². The fourth-order valence-electron chi connectivity index (χ4n) is 2.20. The summed E-state index contributed by atoms with van der Waals surface area (Å²) in [6, 6.07) is 19.2. The van der Waals surface area contributed by atoms with Crippen LogP contribution in [0.4, 0.5) is 0 Å². The van der Waals surface area contributed by atoms with Crippen LogP contribution in [0.15, 0.2) is 61.2 Å². The second-order valence-electron chi connectivity index (χ2n) is 4.74. The summed E-state index contributed by atoms with van der Waals surface area (Å²) in [4.78, 5) is 2.44.